The van der Waals surface area contributed by atoms with Gasteiger partial charge in [-0.2, -0.15) is 0 Å². The Balaban J connectivity index is 1.66. The first-order valence-electron chi connectivity index (χ1n) is 11.2. The monoisotopic (exact) mass is 400 g/mol. The van der Waals surface area contributed by atoms with E-state index in [0.717, 1.165) is 32.1 Å². The highest BCUT2D eigenvalue weighted by Crippen LogP contribution is 2.70. The molecule has 3 aliphatic rings. The van der Waals surface area contributed by atoms with Crippen molar-refractivity contribution in [1.29, 1.82) is 0 Å². The van der Waals surface area contributed by atoms with E-state index in [-0.39, 0.29) is 28.5 Å². The second-order valence-corrected chi connectivity index (χ2v) is 10.3. The van der Waals surface area contributed by atoms with Crippen LogP contribution in [-0.4, -0.2) is 23.8 Å². The molecule has 2 aliphatic carbocycles. The summed E-state index contributed by atoms with van der Waals surface area (Å²) in [6.07, 6.45) is 10.9. The minimum atomic E-state index is -0.193. The zero-order chi connectivity index (χ0) is 21.0. The number of furan rings is 1. The molecule has 1 aromatic rings. The van der Waals surface area contributed by atoms with Gasteiger partial charge in [0, 0.05) is 11.0 Å². The van der Waals surface area contributed by atoms with E-state index < -0.39 is 0 Å². The van der Waals surface area contributed by atoms with Crippen LogP contribution in [0.2, 0.25) is 0 Å². The Morgan fingerprint density at radius 2 is 2.07 bits per heavy atom. The summed E-state index contributed by atoms with van der Waals surface area (Å²) in [4.78, 5) is 12.7. The average Bonchev–Trinajstić information content (AvgIpc) is 3.13. The lowest BCUT2D eigenvalue weighted by Crippen LogP contribution is -2.63. The molecule has 3 fully saturated rings. The molecule has 4 heteroatoms. The molecule has 0 bridgehead atoms. The van der Waals surface area contributed by atoms with Gasteiger partial charge in [-0.15, -0.1) is 0 Å². The van der Waals surface area contributed by atoms with Crippen LogP contribution in [0.5, 0.6) is 0 Å². The van der Waals surface area contributed by atoms with Gasteiger partial charge in [0.05, 0.1) is 18.6 Å². The van der Waals surface area contributed by atoms with Gasteiger partial charge in [0.2, 0.25) is 0 Å². The maximum absolute atomic E-state index is 12.7. The number of aryl methyl sites for hydroxylation is 1. The third kappa shape index (κ3) is 3.01. The van der Waals surface area contributed by atoms with Crippen LogP contribution in [0.3, 0.4) is 0 Å². The third-order valence-electron chi connectivity index (χ3n) is 9.15. The number of esters is 1. The topological polar surface area (TPSA) is 52.0 Å². The van der Waals surface area contributed by atoms with Crippen molar-refractivity contribution in [2.45, 2.75) is 91.5 Å². The van der Waals surface area contributed by atoms with Crippen molar-refractivity contribution in [1.82, 2.24) is 0 Å². The number of carbonyl (C=O) groups excluding carboxylic acids is 1. The number of hydrogen-bond acceptors (Lipinski definition) is 4. The maximum atomic E-state index is 12.7. The second-order valence-electron chi connectivity index (χ2n) is 10.3. The number of fused-ring (bicyclic) bond motifs is 3. The number of allylic oxidation sites excluding steroid dienone is 1. The fourth-order valence-corrected chi connectivity index (χ4v) is 6.55. The zero-order valence-corrected chi connectivity index (χ0v) is 18.8. The first-order valence-corrected chi connectivity index (χ1v) is 11.2. The van der Waals surface area contributed by atoms with E-state index in [1.165, 1.54) is 5.56 Å². The van der Waals surface area contributed by atoms with Gasteiger partial charge >= 0.3 is 5.97 Å². The van der Waals surface area contributed by atoms with Crippen molar-refractivity contribution in [3.8, 4) is 0 Å². The molecule has 1 saturated heterocycles. The van der Waals surface area contributed by atoms with Gasteiger partial charge in [-0.25, -0.2) is 4.79 Å². The van der Waals surface area contributed by atoms with E-state index in [4.69, 9.17) is 13.9 Å². The Morgan fingerprint density at radius 1 is 1.31 bits per heavy atom. The second kappa shape index (κ2) is 7.01. The number of rotatable bonds is 5. The van der Waals surface area contributed by atoms with E-state index in [1.807, 2.05) is 26.2 Å². The predicted octanol–water partition coefficient (Wildman–Crippen LogP) is 5.71. The van der Waals surface area contributed by atoms with Crippen LogP contribution < -0.4 is 0 Å². The molecule has 4 rings (SSSR count). The van der Waals surface area contributed by atoms with Gasteiger partial charge in [0.15, 0.2) is 0 Å². The Bertz CT molecular complexity index is 796. The molecule has 1 aromatic heterocycles. The van der Waals surface area contributed by atoms with Gasteiger partial charge in [-0.3, -0.25) is 0 Å². The number of ether oxygens (including phenoxy) is 2. The summed E-state index contributed by atoms with van der Waals surface area (Å²) in [6, 6.07) is 2.07. The van der Waals surface area contributed by atoms with Gasteiger partial charge in [0.25, 0.3) is 0 Å². The van der Waals surface area contributed by atoms with Crippen LogP contribution in [0.15, 0.2) is 34.7 Å². The largest absolute Gasteiger partial charge is 0.472 e. The molecule has 1 aliphatic heterocycles. The highest BCUT2D eigenvalue weighted by atomic mass is 16.6. The molecular weight excluding hydrogens is 364 g/mol. The van der Waals surface area contributed by atoms with E-state index >= 15 is 0 Å². The standard InChI is InChI=1S/C25H36O4/c1-7-16(2)22(26)28-21-14-17(3)23(4,12-10-18-11-13-27-15-18)19-8-9-20-25(6,29-20)24(19,21)5/h7,11,13,15,17,19-21H,8-10,12,14H2,1-6H3/b16-7+/t17-,19+,20+,21-,23-,24+,25+/m1/s1. The molecule has 0 radical (unpaired) electrons. The smallest absolute Gasteiger partial charge is 0.333 e. The van der Waals surface area contributed by atoms with Crippen LogP contribution in [-0.2, 0) is 20.7 Å². The Labute approximate surface area is 175 Å². The summed E-state index contributed by atoms with van der Waals surface area (Å²) in [6.45, 7) is 13.1. The molecule has 29 heavy (non-hydrogen) atoms. The van der Waals surface area contributed by atoms with Crippen molar-refractivity contribution in [2.24, 2.45) is 22.7 Å². The molecule has 7 atom stereocenters. The number of hydrogen-bond donors (Lipinski definition) is 0. The third-order valence-corrected chi connectivity index (χ3v) is 9.15. The predicted molar refractivity (Wildman–Crippen MR) is 112 cm³/mol. The van der Waals surface area contributed by atoms with E-state index in [0.29, 0.717) is 23.5 Å². The average molecular weight is 401 g/mol. The van der Waals surface area contributed by atoms with Crippen LogP contribution in [0.4, 0.5) is 0 Å². The van der Waals surface area contributed by atoms with Crippen molar-refractivity contribution < 1.29 is 18.7 Å². The van der Waals surface area contributed by atoms with Gasteiger partial charge in [0.1, 0.15) is 11.7 Å². The lowest BCUT2D eigenvalue weighted by molar-refractivity contribution is -0.196. The van der Waals surface area contributed by atoms with Crippen LogP contribution >= 0.6 is 0 Å². The molecule has 0 amide bonds. The summed E-state index contributed by atoms with van der Waals surface area (Å²) in [5.41, 5.74) is 1.75. The maximum Gasteiger partial charge on any atom is 0.333 e. The summed E-state index contributed by atoms with van der Waals surface area (Å²) < 4.78 is 17.8. The highest BCUT2D eigenvalue weighted by molar-refractivity contribution is 5.87. The molecule has 160 valence electrons. The minimum absolute atomic E-state index is 0.109. The lowest BCUT2D eigenvalue weighted by atomic mass is 9.43. The summed E-state index contributed by atoms with van der Waals surface area (Å²) in [5.74, 6) is 0.742. The fraction of sp³-hybridized carbons (Fsp3) is 0.720. The summed E-state index contributed by atoms with van der Waals surface area (Å²) in [5, 5.41) is 0. The van der Waals surface area contributed by atoms with Crippen molar-refractivity contribution in [2.75, 3.05) is 0 Å². The lowest BCUT2D eigenvalue weighted by Gasteiger charge is -2.61. The molecule has 0 aromatic carbocycles. The first kappa shape index (κ1) is 20.7. The molecular formula is C25H36O4. The van der Waals surface area contributed by atoms with E-state index in [2.05, 4.69) is 33.8 Å². The minimum Gasteiger partial charge on any atom is -0.472 e. The zero-order valence-electron chi connectivity index (χ0n) is 18.8. The Hall–Kier alpha value is -1.55. The Morgan fingerprint density at radius 3 is 2.72 bits per heavy atom. The molecule has 4 nitrogen and oxygen atoms in total. The summed E-state index contributed by atoms with van der Waals surface area (Å²) >= 11 is 0. The molecule has 2 saturated carbocycles. The molecule has 0 N–H and O–H groups in total. The quantitative estimate of drug-likeness (QED) is 0.361. The number of epoxide rings is 1. The fourth-order valence-electron chi connectivity index (χ4n) is 6.55. The molecule has 0 spiro atoms. The normalized spacial score (nSPS) is 44.0. The SMILES string of the molecule is C/C=C(\C)C(=O)O[C@@H]1C[C@@H](C)[C@@](C)(CCc2ccoc2)[C@@H]2CC[C@@H]3O[C@]3(C)[C@]12C. The number of carbonyl (C=O) groups is 1. The summed E-state index contributed by atoms with van der Waals surface area (Å²) in [7, 11) is 0. The van der Waals surface area contributed by atoms with E-state index in [9.17, 15) is 4.79 Å². The van der Waals surface area contributed by atoms with E-state index in [1.54, 1.807) is 6.26 Å². The van der Waals surface area contributed by atoms with Gasteiger partial charge in [-0.05, 0) is 81.8 Å². The van der Waals surface area contributed by atoms with Crippen molar-refractivity contribution >= 4 is 5.97 Å². The van der Waals surface area contributed by atoms with Crippen LogP contribution in [0, 0.1) is 22.7 Å². The molecule has 2 heterocycles. The first-order chi connectivity index (χ1) is 13.7. The van der Waals surface area contributed by atoms with Gasteiger partial charge in [-0.1, -0.05) is 26.8 Å². The highest BCUT2D eigenvalue weighted by Gasteiger charge is 2.75. The molecule has 0 unspecified atom stereocenters. The van der Waals surface area contributed by atoms with Gasteiger partial charge < -0.3 is 13.9 Å². The Kier molecular flexibility index (Phi) is 5.00. The van der Waals surface area contributed by atoms with Crippen molar-refractivity contribution in [3.05, 3.63) is 35.8 Å². The van der Waals surface area contributed by atoms with Crippen LogP contribution in [0.25, 0.3) is 0 Å². The van der Waals surface area contributed by atoms with Crippen LogP contribution in [0.1, 0.15) is 72.8 Å². The van der Waals surface area contributed by atoms with Crippen molar-refractivity contribution in [3.63, 3.8) is 0 Å².